The lowest BCUT2D eigenvalue weighted by Gasteiger charge is -2.45. The van der Waals surface area contributed by atoms with Crippen molar-refractivity contribution in [3.63, 3.8) is 0 Å². The van der Waals surface area contributed by atoms with Gasteiger partial charge < -0.3 is 19.3 Å². The molecule has 1 saturated carbocycles. The summed E-state index contributed by atoms with van der Waals surface area (Å²) in [5.74, 6) is 1.84. The fourth-order valence-electron chi connectivity index (χ4n) is 5.10. The van der Waals surface area contributed by atoms with Gasteiger partial charge in [-0.3, -0.25) is 9.59 Å². The van der Waals surface area contributed by atoms with E-state index in [0.717, 1.165) is 36.8 Å². The van der Waals surface area contributed by atoms with Crippen LogP contribution in [-0.2, 0) is 16.1 Å². The van der Waals surface area contributed by atoms with E-state index in [1.807, 2.05) is 67.3 Å². The van der Waals surface area contributed by atoms with E-state index < -0.39 is 6.04 Å². The van der Waals surface area contributed by atoms with Crippen LogP contribution >= 0.6 is 0 Å². The van der Waals surface area contributed by atoms with Crippen LogP contribution in [0.5, 0.6) is 11.5 Å². The first kappa shape index (κ1) is 24.1. The Morgan fingerprint density at radius 3 is 2.32 bits per heavy atom. The smallest absolute Gasteiger partial charge is 0.250 e. The number of amides is 2. The second-order valence-corrected chi connectivity index (χ2v) is 9.87. The Morgan fingerprint density at radius 2 is 1.68 bits per heavy atom. The quantitative estimate of drug-likeness (QED) is 0.580. The molecule has 2 amide bonds. The molecule has 2 aromatic carbocycles. The highest BCUT2D eigenvalue weighted by Gasteiger charge is 2.43. The molecule has 2 aliphatic rings. The Kier molecular flexibility index (Phi) is 7.44. The molecule has 2 fully saturated rings. The number of rotatable bonds is 7. The van der Waals surface area contributed by atoms with E-state index in [-0.39, 0.29) is 30.5 Å². The van der Waals surface area contributed by atoms with Gasteiger partial charge in [0.2, 0.25) is 5.91 Å². The van der Waals surface area contributed by atoms with Crippen LogP contribution in [0.2, 0.25) is 0 Å². The van der Waals surface area contributed by atoms with Crippen LogP contribution in [0.3, 0.4) is 0 Å². The number of carbonyl (C=O) groups is 2. The summed E-state index contributed by atoms with van der Waals surface area (Å²) < 4.78 is 11.5. The van der Waals surface area contributed by atoms with E-state index in [9.17, 15) is 9.59 Å². The van der Waals surface area contributed by atoms with Crippen molar-refractivity contribution >= 4 is 11.8 Å². The standard InChI is InChI=1S/C28H36N2O4/c1-19(2)34-24-15-12-22(16-25(24)33-4)27-28(32)29(23-13-10-20(3)11-14-23)18-26(31)30(27)17-21-8-6-5-7-9-21/h5-9,12,15-16,19-20,23,27H,10-11,13-14,17-18H2,1-4H3. The molecule has 1 aliphatic carbocycles. The van der Waals surface area contributed by atoms with Gasteiger partial charge in [0.1, 0.15) is 12.6 Å². The maximum atomic E-state index is 14.0. The zero-order chi connectivity index (χ0) is 24.2. The summed E-state index contributed by atoms with van der Waals surface area (Å²) in [6, 6.07) is 14.9. The molecule has 0 spiro atoms. The van der Waals surface area contributed by atoms with Crippen LogP contribution in [0.4, 0.5) is 0 Å². The minimum absolute atomic E-state index is 0.00333. The summed E-state index contributed by atoms with van der Waals surface area (Å²) in [7, 11) is 1.59. The molecule has 0 aromatic heterocycles. The van der Waals surface area contributed by atoms with Gasteiger partial charge in [-0.15, -0.1) is 0 Å². The molecule has 1 saturated heterocycles. The molecule has 0 N–H and O–H groups in total. The van der Waals surface area contributed by atoms with Crippen LogP contribution in [-0.4, -0.2) is 47.4 Å². The third-order valence-electron chi connectivity index (χ3n) is 6.94. The van der Waals surface area contributed by atoms with Crippen molar-refractivity contribution < 1.29 is 19.1 Å². The minimum atomic E-state index is -0.692. The summed E-state index contributed by atoms with van der Waals surface area (Å²) in [5.41, 5.74) is 1.75. The Labute approximate surface area is 202 Å². The van der Waals surface area contributed by atoms with Gasteiger partial charge in [-0.2, -0.15) is 0 Å². The molecule has 2 aromatic rings. The summed E-state index contributed by atoms with van der Waals surface area (Å²) >= 11 is 0. The van der Waals surface area contributed by atoms with Gasteiger partial charge in [0.25, 0.3) is 5.91 Å². The normalized spacial score (nSPS) is 23.4. The first-order valence-electron chi connectivity index (χ1n) is 12.4. The van der Waals surface area contributed by atoms with Crippen molar-refractivity contribution in [1.29, 1.82) is 0 Å². The molecule has 0 radical (unpaired) electrons. The van der Waals surface area contributed by atoms with E-state index in [1.54, 1.807) is 12.0 Å². The molecule has 1 unspecified atom stereocenters. The highest BCUT2D eigenvalue weighted by Crippen LogP contribution is 2.38. The number of piperazine rings is 1. The van der Waals surface area contributed by atoms with Gasteiger partial charge in [-0.05, 0) is 68.7 Å². The van der Waals surface area contributed by atoms with Crippen molar-refractivity contribution in [2.45, 2.75) is 71.2 Å². The van der Waals surface area contributed by atoms with E-state index in [4.69, 9.17) is 9.47 Å². The van der Waals surface area contributed by atoms with Gasteiger partial charge in [0.05, 0.1) is 13.2 Å². The average Bonchev–Trinajstić information content (AvgIpc) is 2.83. The fourth-order valence-corrected chi connectivity index (χ4v) is 5.10. The topological polar surface area (TPSA) is 59.1 Å². The zero-order valence-corrected chi connectivity index (χ0v) is 20.7. The summed E-state index contributed by atoms with van der Waals surface area (Å²) in [5, 5.41) is 0. The Balaban J connectivity index is 1.70. The lowest BCUT2D eigenvalue weighted by molar-refractivity contribution is -0.160. The Morgan fingerprint density at radius 1 is 0.971 bits per heavy atom. The highest BCUT2D eigenvalue weighted by atomic mass is 16.5. The van der Waals surface area contributed by atoms with E-state index in [0.29, 0.717) is 24.0 Å². The Bertz CT molecular complexity index is 999. The van der Waals surface area contributed by atoms with E-state index >= 15 is 0 Å². The molecule has 6 nitrogen and oxygen atoms in total. The molecule has 34 heavy (non-hydrogen) atoms. The average molecular weight is 465 g/mol. The van der Waals surface area contributed by atoms with Crippen LogP contribution in [0.1, 0.15) is 63.6 Å². The van der Waals surface area contributed by atoms with Crippen molar-refractivity contribution in [2.75, 3.05) is 13.7 Å². The second-order valence-electron chi connectivity index (χ2n) is 9.87. The number of hydrogen-bond donors (Lipinski definition) is 0. The first-order chi connectivity index (χ1) is 16.4. The van der Waals surface area contributed by atoms with E-state index in [1.165, 1.54) is 0 Å². The molecule has 1 atom stereocenters. The predicted octanol–water partition coefficient (Wildman–Crippen LogP) is 4.97. The Hall–Kier alpha value is -3.02. The molecular weight excluding hydrogens is 428 g/mol. The lowest BCUT2D eigenvalue weighted by Crippen LogP contribution is -2.58. The maximum absolute atomic E-state index is 14.0. The summed E-state index contributed by atoms with van der Waals surface area (Å²) in [4.78, 5) is 31.0. The summed E-state index contributed by atoms with van der Waals surface area (Å²) in [6.07, 6.45) is 4.09. The van der Waals surface area contributed by atoms with Crippen molar-refractivity contribution in [3.8, 4) is 11.5 Å². The molecule has 6 heteroatoms. The number of methoxy groups -OCH3 is 1. The predicted molar refractivity (Wildman–Crippen MR) is 132 cm³/mol. The van der Waals surface area contributed by atoms with Crippen LogP contribution < -0.4 is 9.47 Å². The first-order valence-corrected chi connectivity index (χ1v) is 12.4. The third-order valence-corrected chi connectivity index (χ3v) is 6.94. The SMILES string of the molecule is COc1cc(C2C(=O)N(C3CCC(C)CC3)CC(=O)N2Cc2ccccc2)ccc1OC(C)C. The van der Waals surface area contributed by atoms with Crippen molar-refractivity contribution in [3.05, 3.63) is 59.7 Å². The number of nitrogens with zero attached hydrogens (tertiary/aromatic N) is 2. The molecule has 1 aliphatic heterocycles. The zero-order valence-electron chi connectivity index (χ0n) is 20.7. The molecule has 1 heterocycles. The number of ether oxygens (including phenoxy) is 2. The largest absolute Gasteiger partial charge is 0.493 e. The number of carbonyl (C=O) groups excluding carboxylic acids is 2. The van der Waals surface area contributed by atoms with Crippen LogP contribution in [0.15, 0.2) is 48.5 Å². The fraction of sp³-hybridized carbons (Fsp3) is 0.500. The molecule has 0 bridgehead atoms. The third kappa shape index (κ3) is 5.21. The van der Waals surface area contributed by atoms with Crippen LogP contribution in [0.25, 0.3) is 0 Å². The molecular formula is C28H36N2O4. The van der Waals surface area contributed by atoms with Crippen LogP contribution in [0, 0.1) is 5.92 Å². The van der Waals surface area contributed by atoms with Gasteiger partial charge in [0, 0.05) is 12.6 Å². The van der Waals surface area contributed by atoms with Gasteiger partial charge in [-0.1, -0.05) is 43.3 Å². The number of hydrogen-bond acceptors (Lipinski definition) is 4. The highest BCUT2D eigenvalue weighted by molar-refractivity contribution is 5.96. The van der Waals surface area contributed by atoms with Gasteiger partial charge in [0.15, 0.2) is 11.5 Å². The monoisotopic (exact) mass is 464 g/mol. The number of benzene rings is 2. The maximum Gasteiger partial charge on any atom is 0.250 e. The van der Waals surface area contributed by atoms with Crippen molar-refractivity contribution in [2.24, 2.45) is 5.92 Å². The summed E-state index contributed by atoms with van der Waals surface area (Å²) in [6.45, 7) is 6.71. The van der Waals surface area contributed by atoms with Gasteiger partial charge in [-0.25, -0.2) is 0 Å². The van der Waals surface area contributed by atoms with E-state index in [2.05, 4.69) is 6.92 Å². The van der Waals surface area contributed by atoms with Crippen molar-refractivity contribution in [1.82, 2.24) is 9.80 Å². The van der Waals surface area contributed by atoms with Gasteiger partial charge >= 0.3 is 0 Å². The second kappa shape index (κ2) is 10.5. The lowest BCUT2D eigenvalue weighted by atomic mass is 9.85. The molecule has 182 valence electrons. The molecule has 4 rings (SSSR count). The minimum Gasteiger partial charge on any atom is -0.493 e.